The van der Waals surface area contributed by atoms with Crippen LogP contribution >= 0.6 is 0 Å². The minimum absolute atomic E-state index is 0.0204. The van der Waals surface area contributed by atoms with Crippen LogP contribution < -0.4 is 5.32 Å². The molecule has 0 aliphatic heterocycles. The molecule has 0 fully saturated rings. The van der Waals surface area contributed by atoms with Crippen molar-refractivity contribution >= 4 is 11.8 Å². The molecule has 0 aliphatic rings. The Kier molecular flexibility index (Phi) is 4.71. The first-order valence-corrected chi connectivity index (χ1v) is 5.77. The topological polar surface area (TPSA) is 69.6 Å². The number of phenolic OH excluding ortho intramolecular Hbond substituents is 1. The van der Waals surface area contributed by atoms with Crippen LogP contribution in [0.4, 0.5) is 0 Å². The predicted octanol–water partition coefficient (Wildman–Crippen LogP) is 0.909. The van der Waals surface area contributed by atoms with Crippen LogP contribution in [0.5, 0.6) is 5.75 Å². The molecule has 0 saturated carbocycles. The first-order valence-electron chi connectivity index (χ1n) is 5.77. The lowest BCUT2D eigenvalue weighted by Crippen LogP contribution is -2.38. The van der Waals surface area contributed by atoms with Crippen LogP contribution in [0.2, 0.25) is 0 Å². The SMILES string of the molecule is CCNC(=O)CN(C)C(=O)c1ccc(O)c(C)c1. The van der Waals surface area contributed by atoms with Crippen molar-refractivity contribution in [3.05, 3.63) is 29.3 Å². The molecule has 0 radical (unpaired) electrons. The first kappa shape index (κ1) is 14.0. The Balaban J connectivity index is 2.74. The summed E-state index contributed by atoms with van der Waals surface area (Å²) in [5, 5.41) is 12.0. The zero-order chi connectivity index (χ0) is 13.7. The van der Waals surface area contributed by atoms with Crippen molar-refractivity contribution in [2.75, 3.05) is 20.1 Å². The number of aromatic hydroxyl groups is 1. The highest BCUT2D eigenvalue weighted by Crippen LogP contribution is 2.17. The Morgan fingerprint density at radius 2 is 2.06 bits per heavy atom. The maximum Gasteiger partial charge on any atom is 0.254 e. The molecule has 2 N–H and O–H groups in total. The molecule has 5 nitrogen and oxygen atoms in total. The zero-order valence-corrected chi connectivity index (χ0v) is 10.9. The van der Waals surface area contributed by atoms with Crippen molar-refractivity contribution in [2.45, 2.75) is 13.8 Å². The number of carbonyl (C=O) groups is 2. The minimum atomic E-state index is -0.246. The average Bonchev–Trinajstić information content (AvgIpc) is 2.32. The molecule has 0 aliphatic carbocycles. The fourth-order valence-electron chi connectivity index (χ4n) is 1.55. The van der Waals surface area contributed by atoms with Crippen LogP contribution in [-0.2, 0) is 4.79 Å². The Bertz CT molecular complexity index is 458. The molecule has 0 bridgehead atoms. The van der Waals surface area contributed by atoms with Gasteiger partial charge in [-0.3, -0.25) is 9.59 Å². The predicted molar refractivity (Wildman–Crippen MR) is 68.5 cm³/mol. The average molecular weight is 250 g/mol. The van der Waals surface area contributed by atoms with E-state index in [9.17, 15) is 14.7 Å². The van der Waals surface area contributed by atoms with Gasteiger partial charge in [0.05, 0.1) is 6.54 Å². The van der Waals surface area contributed by atoms with Crippen LogP contribution in [0, 0.1) is 6.92 Å². The lowest BCUT2D eigenvalue weighted by molar-refractivity contribution is -0.121. The number of benzene rings is 1. The summed E-state index contributed by atoms with van der Waals surface area (Å²) in [5.41, 5.74) is 1.09. The normalized spacial score (nSPS) is 9.94. The minimum Gasteiger partial charge on any atom is -0.508 e. The third kappa shape index (κ3) is 3.48. The third-order valence-corrected chi connectivity index (χ3v) is 2.55. The number of aryl methyl sites for hydroxylation is 1. The third-order valence-electron chi connectivity index (χ3n) is 2.55. The van der Waals surface area contributed by atoms with E-state index in [4.69, 9.17) is 0 Å². The number of amides is 2. The fourth-order valence-corrected chi connectivity index (χ4v) is 1.55. The molecule has 0 saturated heterocycles. The Morgan fingerprint density at radius 1 is 1.39 bits per heavy atom. The van der Waals surface area contributed by atoms with E-state index >= 15 is 0 Å². The molecular formula is C13H18N2O3. The van der Waals surface area contributed by atoms with Crippen molar-refractivity contribution in [1.29, 1.82) is 0 Å². The second-order valence-corrected chi connectivity index (χ2v) is 4.12. The zero-order valence-electron chi connectivity index (χ0n) is 10.9. The van der Waals surface area contributed by atoms with Gasteiger partial charge in [-0.15, -0.1) is 0 Å². The van der Waals surface area contributed by atoms with E-state index in [0.29, 0.717) is 17.7 Å². The molecule has 1 rings (SSSR count). The highest BCUT2D eigenvalue weighted by molar-refractivity contribution is 5.96. The molecule has 0 atom stereocenters. The molecule has 2 amide bonds. The van der Waals surface area contributed by atoms with Crippen molar-refractivity contribution in [3.63, 3.8) is 0 Å². The van der Waals surface area contributed by atoms with E-state index in [-0.39, 0.29) is 24.1 Å². The van der Waals surface area contributed by atoms with Crippen LogP contribution in [0.1, 0.15) is 22.8 Å². The number of carbonyl (C=O) groups excluding carboxylic acids is 2. The summed E-state index contributed by atoms with van der Waals surface area (Å²) < 4.78 is 0. The van der Waals surface area contributed by atoms with E-state index < -0.39 is 0 Å². The number of hydrogen-bond acceptors (Lipinski definition) is 3. The second-order valence-electron chi connectivity index (χ2n) is 4.12. The van der Waals surface area contributed by atoms with Gasteiger partial charge in [-0.2, -0.15) is 0 Å². The number of nitrogens with zero attached hydrogens (tertiary/aromatic N) is 1. The second kappa shape index (κ2) is 6.05. The Morgan fingerprint density at radius 3 is 2.61 bits per heavy atom. The molecule has 0 spiro atoms. The van der Waals surface area contributed by atoms with E-state index in [1.54, 1.807) is 26.1 Å². The van der Waals surface area contributed by atoms with Crippen molar-refractivity contribution in [3.8, 4) is 5.75 Å². The van der Waals surface area contributed by atoms with Crippen LogP contribution in [0.3, 0.4) is 0 Å². The summed E-state index contributed by atoms with van der Waals surface area (Å²) in [6.07, 6.45) is 0. The summed E-state index contributed by atoms with van der Waals surface area (Å²) in [6.45, 7) is 4.10. The summed E-state index contributed by atoms with van der Waals surface area (Å²) >= 11 is 0. The van der Waals surface area contributed by atoms with Gasteiger partial charge in [0.1, 0.15) is 5.75 Å². The van der Waals surface area contributed by atoms with Gasteiger partial charge in [0.15, 0.2) is 0 Å². The molecule has 0 heterocycles. The van der Waals surface area contributed by atoms with E-state index in [1.165, 1.54) is 11.0 Å². The molecule has 18 heavy (non-hydrogen) atoms. The van der Waals surface area contributed by atoms with Crippen LogP contribution in [0.15, 0.2) is 18.2 Å². The molecule has 1 aromatic rings. The van der Waals surface area contributed by atoms with Crippen molar-refractivity contribution in [2.24, 2.45) is 0 Å². The van der Waals surface area contributed by atoms with Crippen LogP contribution in [0.25, 0.3) is 0 Å². The first-order chi connectivity index (χ1) is 8.45. The van der Waals surface area contributed by atoms with Gasteiger partial charge in [-0.1, -0.05) is 0 Å². The fraction of sp³-hybridized carbons (Fsp3) is 0.385. The van der Waals surface area contributed by atoms with Gasteiger partial charge < -0.3 is 15.3 Å². The highest BCUT2D eigenvalue weighted by atomic mass is 16.3. The van der Waals surface area contributed by atoms with E-state index in [2.05, 4.69) is 5.32 Å². The van der Waals surface area contributed by atoms with Gasteiger partial charge in [-0.25, -0.2) is 0 Å². The lowest BCUT2D eigenvalue weighted by atomic mass is 10.1. The summed E-state index contributed by atoms with van der Waals surface area (Å²) in [6, 6.07) is 4.62. The Hall–Kier alpha value is -2.04. The molecule has 5 heteroatoms. The summed E-state index contributed by atoms with van der Waals surface area (Å²) in [5.74, 6) is -0.286. The van der Waals surface area contributed by atoms with E-state index in [0.717, 1.165) is 0 Å². The molecule has 0 unspecified atom stereocenters. The highest BCUT2D eigenvalue weighted by Gasteiger charge is 2.15. The molecule has 1 aromatic carbocycles. The molecular weight excluding hydrogens is 232 g/mol. The summed E-state index contributed by atoms with van der Waals surface area (Å²) in [4.78, 5) is 24.7. The maximum atomic E-state index is 12.0. The van der Waals surface area contributed by atoms with Crippen molar-refractivity contribution < 1.29 is 14.7 Å². The number of phenols is 1. The van der Waals surface area contributed by atoms with E-state index in [1.807, 2.05) is 6.92 Å². The molecule has 0 aromatic heterocycles. The smallest absolute Gasteiger partial charge is 0.254 e. The van der Waals surface area contributed by atoms with Crippen LogP contribution in [-0.4, -0.2) is 42.0 Å². The maximum absolute atomic E-state index is 12.0. The van der Waals surface area contributed by atoms with Crippen molar-refractivity contribution in [1.82, 2.24) is 10.2 Å². The largest absolute Gasteiger partial charge is 0.508 e. The number of likely N-dealkylation sites (N-methyl/N-ethyl adjacent to an activating group) is 2. The van der Waals surface area contributed by atoms with Gasteiger partial charge in [0.25, 0.3) is 5.91 Å². The quantitative estimate of drug-likeness (QED) is 0.834. The number of rotatable bonds is 4. The lowest BCUT2D eigenvalue weighted by Gasteiger charge is -2.17. The Labute approximate surface area is 106 Å². The van der Waals surface area contributed by atoms with Gasteiger partial charge in [0.2, 0.25) is 5.91 Å². The number of nitrogens with one attached hydrogen (secondary N) is 1. The van der Waals surface area contributed by atoms with Gasteiger partial charge in [0, 0.05) is 19.2 Å². The summed E-state index contributed by atoms with van der Waals surface area (Å²) in [7, 11) is 1.57. The van der Waals surface area contributed by atoms with Gasteiger partial charge in [-0.05, 0) is 37.6 Å². The number of hydrogen-bond donors (Lipinski definition) is 2. The standard InChI is InChI=1S/C13H18N2O3/c1-4-14-12(17)8-15(3)13(18)10-5-6-11(16)9(2)7-10/h5-7,16H,4,8H2,1-3H3,(H,14,17). The molecule has 98 valence electrons. The van der Waals surface area contributed by atoms with Gasteiger partial charge >= 0.3 is 0 Å². The monoisotopic (exact) mass is 250 g/mol.